The van der Waals surface area contributed by atoms with E-state index in [0.29, 0.717) is 19.8 Å². The number of hydrogen-bond donors (Lipinski definition) is 1. The van der Waals surface area contributed by atoms with E-state index in [9.17, 15) is 4.79 Å². The van der Waals surface area contributed by atoms with Gasteiger partial charge in [0.05, 0.1) is 13.2 Å². The first-order valence-corrected chi connectivity index (χ1v) is 9.13. The Hall–Kier alpha value is -2.13. The Morgan fingerprint density at radius 1 is 0.960 bits per heavy atom. The molecule has 0 saturated heterocycles. The van der Waals surface area contributed by atoms with Crippen LogP contribution in [0.3, 0.4) is 0 Å². The molecule has 1 aliphatic carbocycles. The van der Waals surface area contributed by atoms with Crippen LogP contribution >= 0.6 is 0 Å². The Bertz CT molecular complexity index is 690. The van der Waals surface area contributed by atoms with Crippen LogP contribution in [0.5, 0.6) is 0 Å². The minimum absolute atomic E-state index is 0.170. The van der Waals surface area contributed by atoms with E-state index in [4.69, 9.17) is 4.74 Å². The molecule has 3 rings (SSSR count). The van der Waals surface area contributed by atoms with Crippen LogP contribution in [0.2, 0.25) is 0 Å². The second-order valence-corrected chi connectivity index (χ2v) is 7.25. The van der Waals surface area contributed by atoms with Gasteiger partial charge in [0.2, 0.25) is 5.91 Å². The van der Waals surface area contributed by atoms with Gasteiger partial charge in [0.25, 0.3) is 0 Å². The zero-order chi connectivity index (χ0) is 17.5. The molecule has 3 nitrogen and oxygen atoms in total. The smallest absolute Gasteiger partial charge is 0.226 e. The predicted octanol–water partition coefficient (Wildman–Crippen LogP) is 4.60. The van der Waals surface area contributed by atoms with Crippen LogP contribution in [0.4, 0.5) is 0 Å². The number of benzene rings is 2. The molecule has 0 bridgehead atoms. The van der Waals surface area contributed by atoms with Crippen LogP contribution < -0.4 is 5.32 Å². The third-order valence-corrected chi connectivity index (χ3v) is 5.08. The maximum atomic E-state index is 12.4. The van der Waals surface area contributed by atoms with E-state index in [-0.39, 0.29) is 11.3 Å². The average molecular weight is 337 g/mol. The second-order valence-electron chi connectivity index (χ2n) is 7.25. The Kier molecular flexibility index (Phi) is 5.87. The Balaban J connectivity index is 1.48. The highest BCUT2D eigenvalue weighted by atomic mass is 16.5. The Morgan fingerprint density at radius 2 is 1.60 bits per heavy atom. The average Bonchev–Trinajstić information content (AvgIpc) is 3.09. The molecule has 25 heavy (non-hydrogen) atoms. The third-order valence-electron chi connectivity index (χ3n) is 5.08. The van der Waals surface area contributed by atoms with E-state index in [1.54, 1.807) is 0 Å². The molecule has 0 spiro atoms. The van der Waals surface area contributed by atoms with Gasteiger partial charge in [-0.05, 0) is 29.5 Å². The topological polar surface area (TPSA) is 38.3 Å². The van der Waals surface area contributed by atoms with Gasteiger partial charge in [-0.2, -0.15) is 0 Å². The molecule has 1 saturated carbocycles. The van der Waals surface area contributed by atoms with E-state index in [2.05, 4.69) is 42.6 Å². The van der Waals surface area contributed by atoms with Gasteiger partial charge in [-0.25, -0.2) is 0 Å². The van der Waals surface area contributed by atoms with Crippen LogP contribution in [0, 0.1) is 5.41 Å². The molecule has 0 aromatic heterocycles. The molecule has 3 heteroatoms. The first-order chi connectivity index (χ1) is 12.2. The molecule has 0 heterocycles. The van der Waals surface area contributed by atoms with Crippen molar-refractivity contribution in [2.75, 3.05) is 0 Å². The molecule has 2 aromatic carbocycles. The van der Waals surface area contributed by atoms with Crippen molar-refractivity contribution < 1.29 is 9.53 Å². The van der Waals surface area contributed by atoms with Crippen LogP contribution in [0.25, 0.3) is 0 Å². The van der Waals surface area contributed by atoms with Crippen molar-refractivity contribution in [3.05, 3.63) is 71.3 Å². The molecule has 0 aliphatic heterocycles. The van der Waals surface area contributed by atoms with E-state index >= 15 is 0 Å². The molecule has 1 fully saturated rings. The quantitative estimate of drug-likeness (QED) is 0.802. The number of carbonyl (C=O) groups is 1. The van der Waals surface area contributed by atoms with Gasteiger partial charge >= 0.3 is 0 Å². The molecule has 132 valence electrons. The molecule has 0 radical (unpaired) electrons. The van der Waals surface area contributed by atoms with Gasteiger partial charge in [0.15, 0.2) is 0 Å². The van der Waals surface area contributed by atoms with Crippen molar-refractivity contribution in [1.82, 2.24) is 5.32 Å². The largest absolute Gasteiger partial charge is 0.372 e. The summed E-state index contributed by atoms with van der Waals surface area (Å²) in [5.41, 5.74) is 3.26. The molecule has 2 aromatic rings. The predicted molar refractivity (Wildman–Crippen MR) is 99.8 cm³/mol. The lowest BCUT2D eigenvalue weighted by atomic mass is 9.88. The Labute approximate surface area is 150 Å². The van der Waals surface area contributed by atoms with Gasteiger partial charge in [0.1, 0.15) is 0 Å². The summed E-state index contributed by atoms with van der Waals surface area (Å²) in [4.78, 5) is 12.4. The minimum Gasteiger partial charge on any atom is -0.372 e. The van der Waals surface area contributed by atoms with Crippen molar-refractivity contribution >= 4 is 5.91 Å². The highest BCUT2D eigenvalue weighted by Crippen LogP contribution is 2.37. The van der Waals surface area contributed by atoms with Crippen LogP contribution in [0.15, 0.2) is 54.6 Å². The van der Waals surface area contributed by atoms with Gasteiger partial charge < -0.3 is 10.1 Å². The lowest BCUT2D eigenvalue weighted by molar-refractivity contribution is -0.130. The van der Waals surface area contributed by atoms with Gasteiger partial charge in [0, 0.05) is 12.0 Å². The zero-order valence-corrected chi connectivity index (χ0v) is 15.0. The number of carbonyl (C=O) groups excluding carboxylic acids is 1. The summed E-state index contributed by atoms with van der Waals surface area (Å²) in [5, 5.41) is 3.11. The van der Waals surface area contributed by atoms with Crippen LogP contribution in [0.1, 0.15) is 49.3 Å². The van der Waals surface area contributed by atoms with E-state index < -0.39 is 0 Å². The molecule has 1 N–H and O–H groups in total. The third kappa shape index (κ3) is 4.93. The molecular weight excluding hydrogens is 310 g/mol. The fourth-order valence-corrected chi connectivity index (χ4v) is 3.47. The summed E-state index contributed by atoms with van der Waals surface area (Å²) in [5.74, 6) is 0.190. The highest BCUT2D eigenvalue weighted by Gasteiger charge is 2.35. The summed E-state index contributed by atoms with van der Waals surface area (Å²) in [7, 11) is 0. The SMILES string of the molecule is CC1(C(=O)NCc2cccc(COCc3ccccc3)c2)CCCC1. The van der Waals surface area contributed by atoms with Gasteiger partial charge in [-0.15, -0.1) is 0 Å². The summed E-state index contributed by atoms with van der Waals surface area (Å²) < 4.78 is 5.80. The summed E-state index contributed by atoms with van der Waals surface area (Å²) in [6.07, 6.45) is 4.34. The second kappa shape index (κ2) is 8.30. The van der Waals surface area contributed by atoms with Crippen molar-refractivity contribution in [2.45, 2.75) is 52.4 Å². The molecular formula is C22H27NO2. The lowest BCUT2D eigenvalue weighted by Crippen LogP contribution is -2.36. The first kappa shape index (κ1) is 17.7. The van der Waals surface area contributed by atoms with Crippen molar-refractivity contribution in [3.63, 3.8) is 0 Å². The standard InChI is InChI=1S/C22H27NO2/c1-22(12-5-6-13-22)21(24)23-15-19-10-7-11-20(14-19)17-25-16-18-8-3-2-4-9-18/h2-4,7-11,14H,5-6,12-13,15-17H2,1H3,(H,23,24). The fraction of sp³-hybridized carbons (Fsp3) is 0.409. The minimum atomic E-state index is -0.170. The molecule has 0 unspecified atom stereocenters. The van der Waals surface area contributed by atoms with Gasteiger partial charge in [-0.1, -0.05) is 74.4 Å². The number of hydrogen-bond acceptors (Lipinski definition) is 2. The number of rotatable bonds is 7. The van der Waals surface area contributed by atoms with Crippen LogP contribution in [-0.4, -0.2) is 5.91 Å². The molecule has 1 aliphatic rings. The Morgan fingerprint density at radius 3 is 2.36 bits per heavy atom. The first-order valence-electron chi connectivity index (χ1n) is 9.13. The monoisotopic (exact) mass is 337 g/mol. The van der Waals surface area contributed by atoms with E-state index in [1.165, 1.54) is 5.56 Å². The number of amides is 1. The van der Waals surface area contributed by atoms with E-state index in [0.717, 1.165) is 36.8 Å². The maximum Gasteiger partial charge on any atom is 0.226 e. The summed E-state index contributed by atoms with van der Waals surface area (Å²) in [6, 6.07) is 18.4. The summed E-state index contributed by atoms with van der Waals surface area (Å²) in [6.45, 7) is 3.86. The fourth-order valence-electron chi connectivity index (χ4n) is 3.47. The molecule has 0 atom stereocenters. The van der Waals surface area contributed by atoms with Gasteiger partial charge in [-0.3, -0.25) is 4.79 Å². The lowest BCUT2D eigenvalue weighted by Gasteiger charge is -2.22. The van der Waals surface area contributed by atoms with Crippen molar-refractivity contribution in [2.24, 2.45) is 5.41 Å². The number of ether oxygens (including phenoxy) is 1. The summed E-state index contributed by atoms with van der Waals surface area (Å²) >= 11 is 0. The highest BCUT2D eigenvalue weighted by molar-refractivity contribution is 5.82. The number of nitrogens with one attached hydrogen (secondary N) is 1. The zero-order valence-electron chi connectivity index (χ0n) is 15.0. The van der Waals surface area contributed by atoms with Crippen molar-refractivity contribution in [3.8, 4) is 0 Å². The normalized spacial score (nSPS) is 15.9. The van der Waals surface area contributed by atoms with Crippen LogP contribution in [-0.2, 0) is 29.3 Å². The maximum absolute atomic E-state index is 12.4. The molecule has 1 amide bonds. The van der Waals surface area contributed by atoms with Crippen molar-refractivity contribution in [1.29, 1.82) is 0 Å². The van der Waals surface area contributed by atoms with E-state index in [1.807, 2.05) is 24.3 Å².